The van der Waals surface area contributed by atoms with Gasteiger partial charge in [0.05, 0.1) is 5.69 Å². The Hall–Kier alpha value is -2.34. The second-order valence-corrected chi connectivity index (χ2v) is 4.95. The Bertz CT molecular complexity index is 642. The molecule has 1 atom stereocenters. The minimum Gasteiger partial charge on any atom is -0.326 e. The molecule has 0 aliphatic carbocycles. The van der Waals surface area contributed by atoms with Crippen molar-refractivity contribution in [1.29, 1.82) is 0 Å². The Morgan fingerprint density at radius 2 is 1.95 bits per heavy atom. The summed E-state index contributed by atoms with van der Waals surface area (Å²) in [6.45, 7) is 5.40. The van der Waals surface area contributed by atoms with E-state index in [4.69, 9.17) is 0 Å². The van der Waals surface area contributed by atoms with Crippen LogP contribution in [0, 0.1) is 5.92 Å². The Morgan fingerprint density at radius 1 is 1.24 bits per heavy atom. The van der Waals surface area contributed by atoms with Gasteiger partial charge in [-0.25, -0.2) is 0 Å². The van der Waals surface area contributed by atoms with E-state index in [1.807, 2.05) is 38.1 Å². The summed E-state index contributed by atoms with van der Waals surface area (Å²) in [5, 5.41) is 11.3. The number of aromatic nitrogens is 2. The molecule has 0 radical (unpaired) electrons. The summed E-state index contributed by atoms with van der Waals surface area (Å²) in [4.78, 5) is 23.1. The lowest BCUT2D eigenvalue weighted by Crippen LogP contribution is -2.30. The van der Waals surface area contributed by atoms with Crippen LogP contribution in [0.2, 0.25) is 0 Å². The molecular formula is C15H20N4O2. The average Bonchev–Trinajstić information content (AvgIpc) is 2.92. The van der Waals surface area contributed by atoms with Crippen LogP contribution in [0.3, 0.4) is 0 Å². The molecule has 6 nitrogen and oxygen atoms in total. The maximum absolute atomic E-state index is 12.0. The SMILES string of the molecule is CCNCC(C)C(=O)Nc1ccc(-c2cc(=O)[nH][nH]2)cc1. The normalized spacial score (nSPS) is 12.1. The highest BCUT2D eigenvalue weighted by molar-refractivity contribution is 5.92. The second kappa shape index (κ2) is 6.90. The molecule has 6 heteroatoms. The first-order valence-electron chi connectivity index (χ1n) is 7.00. The molecule has 1 aromatic carbocycles. The van der Waals surface area contributed by atoms with Crippen LogP contribution in [-0.2, 0) is 4.79 Å². The number of benzene rings is 1. The minimum absolute atomic E-state index is 0.0150. The predicted molar refractivity (Wildman–Crippen MR) is 83.2 cm³/mol. The molecule has 0 saturated heterocycles. The zero-order valence-corrected chi connectivity index (χ0v) is 12.2. The second-order valence-electron chi connectivity index (χ2n) is 4.95. The van der Waals surface area contributed by atoms with Gasteiger partial charge in [-0.2, -0.15) is 0 Å². The molecule has 0 bridgehead atoms. The molecule has 112 valence electrons. The van der Waals surface area contributed by atoms with Crippen LogP contribution in [0.5, 0.6) is 0 Å². The van der Waals surface area contributed by atoms with Gasteiger partial charge in [0.15, 0.2) is 0 Å². The molecule has 1 amide bonds. The minimum atomic E-state index is -0.167. The Morgan fingerprint density at radius 3 is 2.52 bits per heavy atom. The van der Waals surface area contributed by atoms with Crippen LogP contribution >= 0.6 is 0 Å². The fourth-order valence-electron chi connectivity index (χ4n) is 1.94. The van der Waals surface area contributed by atoms with Gasteiger partial charge in [0.25, 0.3) is 5.56 Å². The van der Waals surface area contributed by atoms with Crippen molar-refractivity contribution in [2.24, 2.45) is 5.92 Å². The van der Waals surface area contributed by atoms with Gasteiger partial charge >= 0.3 is 0 Å². The number of nitrogens with one attached hydrogen (secondary N) is 4. The average molecular weight is 288 g/mol. The van der Waals surface area contributed by atoms with E-state index in [9.17, 15) is 9.59 Å². The quantitative estimate of drug-likeness (QED) is 0.650. The first-order chi connectivity index (χ1) is 10.1. The molecule has 0 spiro atoms. The third-order valence-electron chi connectivity index (χ3n) is 3.21. The maximum atomic E-state index is 12.0. The van der Waals surface area contributed by atoms with Gasteiger partial charge in [-0.15, -0.1) is 0 Å². The Kier molecular flexibility index (Phi) is 4.94. The predicted octanol–water partition coefficient (Wildman–Crippen LogP) is 1.55. The van der Waals surface area contributed by atoms with Gasteiger partial charge in [-0.3, -0.25) is 19.8 Å². The van der Waals surface area contributed by atoms with E-state index < -0.39 is 0 Å². The molecule has 2 rings (SSSR count). The van der Waals surface area contributed by atoms with Crippen molar-refractivity contribution in [3.63, 3.8) is 0 Å². The number of aromatic amines is 2. The number of carbonyl (C=O) groups excluding carboxylic acids is 1. The fourth-order valence-corrected chi connectivity index (χ4v) is 1.94. The number of hydrogen-bond donors (Lipinski definition) is 4. The van der Waals surface area contributed by atoms with Crippen molar-refractivity contribution < 1.29 is 4.79 Å². The molecule has 0 saturated carbocycles. The highest BCUT2D eigenvalue weighted by atomic mass is 16.2. The van der Waals surface area contributed by atoms with Crippen molar-refractivity contribution in [2.45, 2.75) is 13.8 Å². The van der Waals surface area contributed by atoms with Crippen molar-refractivity contribution in [3.05, 3.63) is 40.7 Å². The van der Waals surface area contributed by atoms with Crippen LogP contribution in [0.4, 0.5) is 5.69 Å². The van der Waals surface area contributed by atoms with Gasteiger partial charge in [0.1, 0.15) is 0 Å². The van der Waals surface area contributed by atoms with Crippen molar-refractivity contribution in [3.8, 4) is 11.3 Å². The molecular weight excluding hydrogens is 268 g/mol. The summed E-state index contributed by atoms with van der Waals surface area (Å²) < 4.78 is 0. The number of amides is 1. The molecule has 21 heavy (non-hydrogen) atoms. The number of H-pyrrole nitrogens is 2. The summed E-state index contributed by atoms with van der Waals surface area (Å²) in [6.07, 6.45) is 0. The molecule has 0 fully saturated rings. The molecule has 1 aromatic heterocycles. The van der Waals surface area contributed by atoms with Crippen molar-refractivity contribution in [1.82, 2.24) is 15.5 Å². The van der Waals surface area contributed by atoms with Crippen LogP contribution in [0.15, 0.2) is 35.1 Å². The van der Waals surface area contributed by atoms with Gasteiger partial charge < -0.3 is 10.6 Å². The lowest BCUT2D eigenvalue weighted by molar-refractivity contribution is -0.119. The van der Waals surface area contributed by atoms with E-state index in [0.717, 1.165) is 23.5 Å². The Balaban J connectivity index is 1.99. The molecule has 1 heterocycles. The van der Waals surface area contributed by atoms with Gasteiger partial charge in [-0.05, 0) is 24.2 Å². The monoisotopic (exact) mass is 288 g/mol. The van der Waals surface area contributed by atoms with E-state index in [1.165, 1.54) is 6.07 Å². The van der Waals surface area contributed by atoms with Crippen LogP contribution in [-0.4, -0.2) is 29.2 Å². The highest BCUT2D eigenvalue weighted by Crippen LogP contribution is 2.18. The molecule has 0 aliphatic rings. The number of anilines is 1. The number of carbonyl (C=O) groups is 1. The summed E-state index contributed by atoms with van der Waals surface area (Å²) in [5.41, 5.74) is 2.18. The summed E-state index contributed by atoms with van der Waals surface area (Å²) in [5.74, 6) is -0.107. The van der Waals surface area contributed by atoms with Crippen molar-refractivity contribution in [2.75, 3.05) is 18.4 Å². The van der Waals surface area contributed by atoms with Crippen LogP contribution < -0.4 is 16.2 Å². The topological polar surface area (TPSA) is 89.8 Å². The first kappa shape index (κ1) is 15.1. The maximum Gasteiger partial charge on any atom is 0.264 e. The van der Waals surface area contributed by atoms with Gasteiger partial charge in [-0.1, -0.05) is 26.0 Å². The summed E-state index contributed by atoms with van der Waals surface area (Å²) in [6, 6.07) is 8.83. The van der Waals surface area contributed by atoms with Gasteiger partial charge in [0.2, 0.25) is 5.91 Å². The van der Waals surface area contributed by atoms with E-state index in [1.54, 1.807) is 0 Å². The summed E-state index contributed by atoms with van der Waals surface area (Å²) >= 11 is 0. The lowest BCUT2D eigenvalue weighted by atomic mass is 10.1. The molecule has 1 unspecified atom stereocenters. The van der Waals surface area contributed by atoms with Crippen LogP contribution in [0.1, 0.15) is 13.8 Å². The van der Waals surface area contributed by atoms with E-state index in [2.05, 4.69) is 20.8 Å². The lowest BCUT2D eigenvalue weighted by Gasteiger charge is -2.12. The number of hydrogen-bond acceptors (Lipinski definition) is 3. The molecule has 0 aliphatic heterocycles. The molecule has 4 N–H and O–H groups in total. The smallest absolute Gasteiger partial charge is 0.264 e. The largest absolute Gasteiger partial charge is 0.326 e. The fraction of sp³-hybridized carbons (Fsp3) is 0.333. The standard InChI is InChI=1S/C15H20N4O2/c1-3-16-9-10(2)15(21)17-12-6-4-11(5-7-12)13-8-14(20)19-18-13/h4-8,10,16H,3,9H2,1-2H3,(H,17,21)(H2,18,19,20). The first-order valence-corrected chi connectivity index (χ1v) is 7.00. The number of rotatable bonds is 6. The summed E-state index contributed by atoms with van der Waals surface area (Å²) in [7, 11) is 0. The van der Waals surface area contributed by atoms with Crippen LogP contribution in [0.25, 0.3) is 11.3 Å². The van der Waals surface area contributed by atoms with E-state index in [-0.39, 0.29) is 17.4 Å². The molecule has 2 aromatic rings. The zero-order valence-electron chi connectivity index (χ0n) is 12.2. The third kappa shape index (κ3) is 4.06. The van der Waals surface area contributed by atoms with E-state index in [0.29, 0.717) is 6.54 Å². The van der Waals surface area contributed by atoms with E-state index >= 15 is 0 Å². The Labute approximate surface area is 122 Å². The van der Waals surface area contributed by atoms with Crippen molar-refractivity contribution >= 4 is 11.6 Å². The van der Waals surface area contributed by atoms with Gasteiger partial charge in [0, 0.05) is 24.2 Å². The highest BCUT2D eigenvalue weighted by Gasteiger charge is 2.12. The zero-order chi connectivity index (χ0) is 15.2. The third-order valence-corrected chi connectivity index (χ3v) is 3.21.